The topological polar surface area (TPSA) is 44.8 Å². The lowest BCUT2D eigenvalue weighted by Gasteiger charge is -2.12. The summed E-state index contributed by atoms with van der Waals surface area (Å²) in [7, 11) is 3.06. The van der Waals surface area contributed by atoms with Crippen LogP contribution in [0.1, 0.15) is 22.8 Å². The maximum absolute atomic E-state index is 12.7. The highest BCUT2D eigenvalue weighted by atomic mass is 16.5. The summed E-state index contributed by atoms with van der Waals surface area (Å²) in [6, 6.07) is 12.3. The van der Waals surface area contributed by atoms with Crippen LogP contribution in [0.4, 0.5) is 0 Å². The summed E-state index contributed by atoms with van der Waals surface area (Å²) in [4.78, 5) is 12.7. The zero-order chi connectivity index (χ0) is 15.2. The second-order valence-electron chi connectivity index (χ2n) is 4.33. The molecule has 2 rings (SSSR count). The van der Waals surface area contributed by atoms with Gasteiger partial charge in [-0.2, -0.15) is 0 Å². The van der Waals surface area contributed by atoms with Crippen LogP contribution in [0, 0.1) is 0 Å². The molecule has 0 saturated carbocycles. The van der Waals surface area contributed by atoms with E-state index in [2.05, 4.69) is 0 Å². The fourth-order valence-corrected chi connectivity index (χ4v) is 2.12. The van der Waals surface area contributed by atoms with Crippen LogP contribution in [-0.2, 0) is 0 Å². The average molecular weight is 286 g/mol. The minimum Gasteiger partial charge on any atom is -0.494 e. The van der Waals surface area contributed by atoms with Crippen LogP contribution in [0.25, 0.3) is 0 Å². The number of para-hydroxylation sites is 1. The molecule has 0 radical (unpaired) electrons. The largest absolute Gasteiger partial charge is 0.494 e. The van der Waals surface area contributed by atoms with Crippen LogP contribution >= 0.6 is 0 Å². The van der Waals surface area contributed by atoms with Gasteiger partial charge in [-0.3, -0.25) is 4.79 Å². The summed E-state index contributed by atoms with van der Waals surface area (Å²) in [5.41, 5.74) is 1.01. The Labute approximate surface area is 124 Å². The number of ether oxygens (including phenoxy) is 3. The quantitative estimate of drug-likeness (QED) is 0.764. The van der Waals surface area contributed by atoms with Crippen LogP contribution in [0.3, 0.4) is 0 Å². The van der Waals surface area contributed by atoms with E-state index in [0.29, 0.717) is 35.0 Å². The molecule has 0 aliphatic rings. The van der Waals surface area contributed by atoms with Gasteiger partial charge in [-0.05, 0) is 31.2 Å². The number of rotatable bonds is 6. The van der Waals surface area contributed by atoms with Crippen molar-refractivity contribution in [1.82, 2.24) is 0 Å². The Kier molecular flexibility index (Phi) is 4.82. The molecule has 0 aliphatic heterocycles. The molecule has 0 amide bonds. The standard InChI is InChI=1S/C17H18O4/c1-4-21-13-8-5-7-12(11-13)16(18)14-9-6-10-15(19-2)17(14)20-3/h5-11H,4H2,1-3H3. The van der Waals surface area contributed by atoms with Crippen molar-refractivity contribution in [3.8, 4) is 17.2 Å². The van der Waals surface area contributed by atoms with Crippen molar-refractivity contribution in [2.45, 2.75) is 6.92 Å². The Hall–Kier alpha value is -2.49. The van der Waals surface area contributed by atoms with Crippen LogP contribution in [-0.4, -0.2) is 26.6 Å². The lowest BCUT2D eigenvalue weighted by Crippen LogP contribution is -2.05. The monoisotopic (exact) mass is 286 g/mol. The van der Waals surface area contributed by atoms with Crippen LogP contribution in [0.15, 0.2) is 42.5 Å². The van der Waals surface area contributed by atoms with Gasteiger partial charge in [-0.1, -0.05) is 18.2 Å². The summed E-state index contributed by atoms with van der Waals surface area (Å²) in [6.45, 7) is 2.46. The SMILES string of the molecule is CCOc1cccc(C(=O)c2cccc(OC)c2OC)c1. The Morgan fingerprint density at radius 3 is 2.48 bits per heavy atom. The van der Waals surface area contributed by atoms with Crippen LogP contribution < -0.4 is 14.2 Å². The minimum atomic E-state index is -0.132. The molecule has 0 saturated heterocycles. The molecule has 0 unspecified atom stereocenters. The van der Waals surface area contributed by atoms with Crippen molar-refractivity contribution < 1.29 is 19.0 Å². The summed E-state index contributed by atoms with van der Waals surface area (Å²) in [5.74, 6) is 1.51. The van der Waals surface area contributed by atoms with Gasteiger partial charge in [-0.15, -0.1) is 0 Å². The van der Waals surface area contributed by atoms with Gasteiger partial charge >= 0.3 is 0 Å². The fraction of sp³-hybridized carbons (Fsp3) is 0.235. The third-order valence-corrected chi connectivity index (χ3v) is 3.05. The highest BCUT2D eigenvalue weighted by molar-refractivity contribution is 6.11. The smallest absolute Gasteiger partial charge is 0.197 e. The molecule has 2 aromatic carbocycles. The van der Waals surface area contributed by atoms with E-state index in [1.807, 2.05) is 13.0 Å². The van der Waals surface area contributed by atoms with E-state index in [1.54, 1.807) is 43.5 Å². The molecule has 0 aliphatic carbocycles. The predicted molar refractivity (Wildman–Crippen MR) is 80.6 cm³/mol. The highest BCUT2D eigenvalue weighted by Gasteiger charge is 2.18. The fourth-order valence-electron chi connectivity index (χ4n) is 2.12. The lowest BCUT2D eigenvalue weighted by molar-refractivity contribution is 0.103. The summed E-state index contributed by atoms with van der Waals surface area (Å²) < 4.78 is 16.0. The van der Waals surface area contributed by atoms with Crippen molar-refractivity contribution in [2.24, 2.45) is 0 Å². The first kappa shape index (κ1) is 14.9. The van der Waals surface area contributed by atoms with Crippen molar-refractivity contribution >= 4 is 5.78 Å². The average Bonchev–Trinajstić information content (AvgIpc) is 2.53. The Morgan fingerprint density at radius 1 is 1.05 bits per heavy atom. The molecule has 0 atom stereocenters. The van der Waals surface area contributed by atoms with E-state index in [9.17, 15) is 4.79 Å². The van der Waals surface area contributed by atoms with Gasteiger partial charge in [-0.25, -0.2) is 0 Å². The van der Waals surface area contributed by atoms with Crippen molar-refractivity contribution in [1.29, 1.82) is 0 Å². The van der Waals surface area contributed by atoms with Crippen LogP contribution in [0.5, 0.6) is 17.2 Å². The van der Waals surface area contributed by atoms with Crippen LogP contribution in [0.2, 0.25) is 0 Å². The first-order chi connectivity index (χ1) is 10.2. The first-order valence-corrected chi connectivity index (χ1v) is 6.69. The number of benzene rings is 2. The molecule has 4 nitrogen and oxygen atoms in total. The molecule has 4 heteroatoms. The van der Waals surface area contributed by atoms with E-state index in [4.69, 9.17) is 14.2 Å². The predicted octanol–water partition coefficient (Wildman–Crippen LogP) is 3.33. The summed E-state index contributed by atoms with van der Waals surface area (Å²) in [5, 5.41) is 0. The number of ketones is 1. The third-order valence-electron chi connectivity index (χ3n) is 3.05. The number of hydrogen-bond acceptors (Lipinski definition) is 4. The first-order valence-electron chi connectivity index (χ1n) is 6.69. The van der Waals surface area contributed by atoms with Gasteiger partial charge in [0.1, 0.15) is 5.75 Å². The van der Waals surface area contributed by atoms with Gasteiger partial charge in [0, 0.05) is 5.56 Å². The molecular formula is C17H18O4. The van der Waals surface area contributed by atoms with Gasteiger partial charge in [0.15, 0.2) is 17.3 Å². The second kappa shape index (κ2) is 6.79. The van der Waals surface area contributed by atoms with Gasteiger partial charge in [0.05, 0.1) is 26.4 Å². The minimum absolute atomic E-state index is 0.132. The molecule has 0 N–H and O–H groups in total. The molecule has 0 heterocycles. The summed E-state index contributed by atoms with van der Waals surface area (Å²) >= 11 is 0. The Morgan fingerprint density at radius 2 is 1.81 bits per heavy atom. The number of carbonyl (C=O) groups excluding carboxylic acids is 1. The van der Waals surface area contributed by atoms with E-state index in [0.717, 1.165) is 0 Å². The molecule has 21 heavy (non-hydrogen) atoms. The molecule has 2 aromatic rings. The van der Waals surface area contributed by atoms with Gasteiger partial charge < -0.3 is 14.2 Å². The maximum atomic E-state index is 12.7. The number of methoxy groups -OCH3 is 2. The third kappa shape index (κ3) is 3.16. The van der Waals surface area contributed by atoms with Crippen molar-refractivity contribution in [3.05, 3.63) is 53.6 Å². The molecule has 110 valence electrons. The van der Waals surface area contributed by atoms with E-state index < -0.39 is 0 Å². The number of hydrogen-bond donors (Lipinski definition) is 0. The lowest BCUT2D eigenvalue weighted by atomic mass is 10.0. The maximum Gasteiger partial charge on any atom is 0.197 e. The van der Waals surface area contributed by atoms with E-state index in [-0.39, 0.29) is 5.78 Å². The molecule has 0 aromatic heterocycles. The Bertz CT molecular complexity index is 634. The van der Waals surface area contributed by atoms with Gasteiger partial charge in [0.2, 0.25) is 0 Å². The van der Waals surface area contributed by atoms with E-state index >= 15 is 0 Å². The molecule has 0 spiro atoms. The molecular weight excluding hydrogens is 268 g/mol. The van der Waals surface area contributed by atoms with Crippen molar-refractivity contribution in [2.75, 3.05) is 20.8 Å². The second-order valence-corrected chi connectivity index (χ2v) is 4.33. The summed E-state index contributed by atoms with van der Waals surface area (Å²) in [6.07, 6.45) is 0. The molecule has 0 bridgehead atoms. The van der Waals surface area contributed by atoms with Gasteiger partial charge in [0.25, 0.3) is 0 Å². The normalized spacial score (nSPS) is 10.0. The van der Waals surface area contributed by atoms with Crippen molar-refractivity contribution in [3.63, 3.8) is 0 Å². The number of carbonyl (C=O) groups is 1. The van der Waals surface area contributed by atoms with E-state index in [1.165, 1.54) is 7.11 Å². The highest BCUT2D eigenvalue weighted by Crippen LogP contribution is 2.32. The zero-order valence-corrected chi connectivity index (χ0v) is 12.4. The Balaban J connectivity index is 2.42. The zero-order valence-electron chi connectivity index (χ0n) is 12.4. The molecule has 0 fully saturated rings.